The number of fused-ring (bicyclic) bond motifs is 1. The van der Waals surface area contributed by atoms with E-state index in [0.29, 0.717) is 25.3 Å². The topological polar surface area (TPSA) is 38.7 Å². The molecule has 0 saturated carbocycles. The fraction of sp³-hybridized carbons (Fsp3) is 0. The number of carbonyl (C=O) groups is 1. The summed E-state index contributed by atoms with van der Waals surface area (Å²) in [5.74, 6) is -0.364. The number of aliphatic imine (C=N–C) groups is 1. The standard InChI is InChI=1S/C18H7BrCl3NO2S/c19-9-3-1-8(2-4-9)5-12-18(24)25-17(23-12)16-15(22)14-11(21)6-10(20)7-13(14)26-16/h1-7H/b12-5-. The summed E-state index contributed by atoms with van der Waals surface area (Å²) in [6, 6.07) is 10.9. The highest BCUT2D eigenvalue weighted by molar-refractivity contribution is 9.10. The lowest BCUT2D eigenvalue weighted by Gasteiger charge is -1.97. The van der Waals surface area contributed by atoms with Crippen molar-refractivity contribution in [1.82, 2.24) is 0 Å². The Hall–Kier alpha value is -1.37. The van der Waals surface area contributed by atoms with Crippen LogP contribution in [0.3, 0.4) is 0 Å². The summed E-state index contributed by atoms with van der Waals surface area (Å²) in [5, 5.41) is 2.01. The molecule has 0 radical (unpaired) electrons. The van der Waals surface area contributed by atoms with Gasteiger partial charge in [0.2, 0.25) is 5.90 Å². The summed E-state index contributed by atoms with van der Waals surface area (Å²) < 4.78 is 7.07. The molecular formula is C18H7BrCl3NO2S. The van der Waals surface area contributed by atoms with Crippen LogP contribution in [0.2, 0.25) is 15.1 Å². The molecule has 1 aliphatic heterocycles. The van der Waals surface area contributed by atoms with Gasteiger partial charge in [-0.15, -0.1) is 11.3 Å². The third kappa shape index (κ3) is 3.30. The molecule has 0 bridgehead atoms. The van der Waals surface area contributed by atoms with E-state index in [1.807, 2.05) is 24.3 Å². The van der Waals surface area contributed by atoms with Gasteiger partial charge < -0.3 is 4.74 Å². The second kappa shape index (κ2) is 6.98. The highest BCUT2D eigenvalue weighted by Crippen LogP contribution is 2.42. The van der Waals surface area contributed by atoms with Crippen molar-refractivity contribution in [2.45, 2.75) is 0 Å². The monoisotopic (exact) mass is 485 g/mol. The maximum absolute atomic E-state index is 12.2. The van der Waals surface area contributed by atoms with Crippen molar-refractivity contribution < 1.29 is 9.53 Å². The number of halogens is 4. The molecule has 130 valence electrons. The Labute approximate surface area is 176 Å². The summed E-state index contributed by atoms with van der Waals surface area (Å²) in [7, 11) is 0. The number of esters is 1. The zero-order valence-corrected chi connectivity index (χ0v) is 17.4. The van der Waals surface area contributed by atoms with Crippen molar-refractivity contribution in [3.8, 4) is 0 Å². The van der Waals surface area contributed by atoms with Gasteiger partial charge in [-0.3, -0.25) is 0 Å². The third-order valence-corrected chi connectivity index (χ3v) is 6.30. The second-order valence-corrected chi connectivity index (χ2v) is 8.58. The van der Waals surface area contributed by atoms with Crippen LogP contribution in [0, 0.1) is 0 Å². The average Bonchev–Trinajstić information content (AvgIpc) is 3.10. The molecule has 3 nitrogen and oxygen atoms in total. The minimum Gasteiger partial charge on any atom is -0.401 e. The molecule has 0 amide bonds. The lowest BCUT2D eigenvalue weighted by molar-refractivity contribution is -0.129. The lowest BCUT2D eigenvalue weighted by Crippen LogP contribution is -2.04. The van der Waals surface area contributed by atoms with Crippen LogP contribution in [0.25, 0.3) is 16.2 Å². The van der Waals surface area contributed by atoms with Crippen molar-refractivity contribution in [3.05, 3.63) is 72.1 Å². The maximum Gasteiger partial charge on any atom is 0.363 e. The molecule has 0 saturated heterocycles. The van der Waals surface area contributed by atoms with E-state index in [-0.39, 0.29) is 11.6 Å². The number of carbonyl (C=O) groups excluding carboxylic acids is 1. The maximum atomic E-state index is 12.2. The average molecular weight is 488 g/mol. The van der Waals surface area contributed by atoms with Gasteiger partial charge in [-0.05, 0) is 35.9 Å². The minimum absolute atomic E-state index is 0.164. The van der Waals surface area contributed by atoms with E-state index in [9.17, 15) is 4.79 Å². The number of thiophene rings is 1. The van der Waals surface area contributed by atoms with Crippen LogP contribution in [0.1, 0.15) is 10.4 Å². The zero-order valence-electron chi connectivity index (χ0n) is 12.7. The molecule has 0 N–H and O–H groups in total. The fourth-order valence-corrected chi connectivity index (χ4v) is 5.04. The minimum atomic E-state index is -0.527. The summed E-state index contributed by atoms with van der Waals surface area (Å²) >= 11 is 23.4. The molecule has 2 heterocycles. The predicted octanol–water partition coefficient (Wildman–Crippen LogP) is 6.97. The number of nitrogens with zero attached hydrogens (tertiary/aromatic N) is 1. The molecule has 0 unspecified atom stereocenters. The van der Waals surface area contributed by atoms with Crippen molar-refractivity contribution in [2.24, 2.45) is 4.99 Å². The van der Waals surface area contributed by atoms with Crippen LogP contribution in [0.15, 0.2) is 51.6 Å². The number of benzene rings is 2. The Bertz CT molecular complexity index is 1120. The van der Waals surface area contributed by atoms with E-state index < -0.39 is 5.97 Å². The van der Waals surface area contributed by atoms with Gasteiger partial charge in [0.15, 0.2) is 5.70 Å². The number of rotatable bonds is 2. The summed E-state index contributed by atoms with van der Waals surface area (Å²) in [6.45, 7) is 0. The van der Waals surface area contributed by atoms with Crippen molar-refractivity contribution in [3.63, 3.8) is 0 Å². The molecule has 0 fully saturated rings. The van der Waals surface area contributed by atoms with Crippen LogP contribution < -0.4 is 0 Å². The van der Waals surface area contributed by atoms with E-state index in [2.05, 4.69) is 20.9 Å². The molecule has 0 spiro atoms. The van der Waals surface area contributed by atoms with E-state index in [1.54, 1.807) is 18.2 Å². The van der Waals surface area contributed by atoms with Gasteiger partial charge in [0, 0.05) is 19.6 Å². The lowest BCUT2D eigenvalue weighted by atomic mass is 10.2. The van der Waals surface area contributed by atoms with Crippen molar-refractivity contribution >= 4 is 90.1 Å². The quantitative estimate of drug-likeness (QED) is 0.289. The van der Waals surface area contributed by atoms with E-state index in [4.69, 9.17) is 39.5 Å². The first-order valence-electron chi connectivity index (χ1n) is 7.28. The van der Waals surface area contributed by atoms with E-state index >= 15 is 0 Å². The SMILES string of the molecule is O=C1OC(c2sc3cc(Cl)cc(Cl)c3c2Cl)=N/C1=C\c1ccc(Br)cc1. The van der Waals surface area contributed by atoms with E-state index in [0.717, 1.165) is 14.7 Å². The number of cyclic esters (lactones) is 1. The smallest absolute Gasteiger partial charge is 0.363 e. The van der Waals surface area contributed by atoms with Crippen LogP contribution in [0.4, 0.5) is 0 Å². The molecular weight excluding hydrogens is 481 g/mol. The molecule has 8 heteroatoms. The number of hydrogen-bond acceptors (Lipinski definition) is 4. The molecule has 0 aliphatic carbocycles. The van der Waals surface area contributed by atoms with Gasteiger partial charge in [0.05, 0.1) is 10.0 Å². The van der Waals surface area contributed by atoms with Gasteiger partial charge >= 0.3 is 5.97 Å². The Morgan fingerprint density at radius 1 is 1.12 bits per heavy atom. The third-order valence-electron chi connectivity index (χ3n) is 3.64. The first-order chi connectivity index (χ1) is 12.4. The Morgan fingerprint density at radius 2 is 1.85 bits per heavy atom. The molecule has 3 aromatic rings. The number of hydrogen-bond donors (Lipinski definition) is 0. The first kappa shape index (κ1) is 18.0. The Kier molecular flexibility index (Phi) is 4.84. The van der Waals surface area contributed by atoms with Gasteiger partial charge in [0.25, 0.3) is 0 Å². The largest absolute Gasteiger partial charge is 0.401 e. The fourth-order valence-electron chi connectivity index (χ4n) is 2.47. The second-order valence-electron chi connectivity index (χ2n) is 5.39. The molecule has 2 aromatic carbocycles. The van der Waals surface area contributed by atoms with Crippen LogP contribution in [-0.4, -0.2) is 11.9 Å². The Balaban J connectivity index is 1.78. The molecule has 26 heavy (non-hydrogen) atoms. The van der Waals surface area contributed by atoms with Gasteiger partial charge in [0.1, 0.15) is 4.88 Å². The normalized spacial score (nSPS) is 15.6. The molecule has 0 atom stereocenters. The first-order valence-corrected chi connectivity index (χ1v) is 10.0. The van der Waals surface area contributed by atoms with E-state index in [1.165, 1.54) is 11.3 Å². The van der Waals surface area contributed by atoms with Crippen LogP contribution in [-0.2, 0) is 9.53 Å². The molecule has 4 rings (SSSR count). The highest BCUT2D eigenvalue weighted by atomic mass is 79.9. The van der Waals surface area contributed by atoms with Crippen LogP contribution in [0.5, 0.6) is 0 Å². The molecule has 1 aliphatic rings. The summed E-state index contributed by atoms with van der Waals surface area (Å²) in [6.07, 6.45) is 1.66. The van der Waals surface area contributed by atoms with Gasteiger partial charge in [-0.2, -0.15) is 0 Å². The van der Waals surface area contributed by atoms with Gasteiger partial charge in [-0.1, -0.05) is 62.9 Å². The van der Waals surface area contributed by atoms with Crippen molar-refractivity contribution in [2.75, 3.05) is 0 Å². The molecule has 1 aromatic heterocycles. The summed E-state index contributed by atoms with van der Waals surface area (Å²) in [5.41, 5.74) is 1.04. The predicted molar refractivity (Wildman–Crippen MR) is 112 cm³/mol. The van der Waals surface area contributed by atoms with Gasteiger partial charge in [-0.25, -0.2) is 9.79 Å². The van der Waals surface area contributed by atoms with Crippen molar-refractivity contribution in [1.29, 1.82) is 0 Å². The zero-order chi connectivity index (χ0) is 18.4. The van der Waals surface area contributed by atoms with Crippen LogP contribution >= 0.6 is 62.1 Å². The highest BCUT2D eigenvalue weighted by Gasteiger charge is 2.28. The summed E-state index contributed by atoms with van der Waals surface area (Å²) in [4.78, 5) is 17.0. The Morgan fingerprint density at radius 3 is 2.58 bits per heavy atom. The number of ether oxygens (including phenoxy) is 1.